The molecule has 1 aromatic carbocycles. The van der Waals surface area contributed by atoms with Gasteiger partial charge in [0.15, 0.2) is 0 Å². The van der Waals surface area contributed by atoms with E-state index in [0.717, 1.165) is 16.6 Å². The van der Waals surface area contributed by atoms with Crippen LogP contribution in [0, 0.1) is 0 Å². The normalized spacial score (nSPS) is 11.1. The zero-order chi connectivity index (χ0) is 11.1. The molecule has 78 valence electrons. The fraction of sp³-hybridized carbons (Fsp3) is 0. The van der Waals surface area contributed by atoms with Gasteiger partial charge in [0.1, 0.15) is 5.15 Å². The molecule has 4 heteroatoms. The summed E-state index contributed by atoms with van der Waals surface area (Å²) in [5, 5.41) is 1.92. The molecule has 0 amide bonds. The number of halogens is 2. The minimum atomic E-state index is 0.445. The number of nitrogens with zero attached hydrogens (tertiary/aromatic N) is 2. The van der Waals surface area contributed by atoms with Crippen molar-refractivity contribution in [2.45, 2.75) is 0 Å². The van der Waals surface area contributed by atoms with Crippen LogP contribution >= 0.6 is 23.2 Å². The molecule has 0 unspecified atom stereocenters. The van der Waals surface area contributed by atoms with Gasteiger partial charge in [-0.3, -0.25) is 0 Å². The van der Waals surface area contributed by atoms with Gasteiger partial charge in [-0.25, -0.2) is 9.97 Å². The lowest BCUT2D eigenvalue weighted by atomic mass is 10.2. The van der Waals surface area contributed by atoms with E-state index < -0.39 is 0 Å². The standard InChI is InChI=1S/C12H6Cl2N2/c13-7-5-10-11(6-7)16-12(14)8-3-1-2-4-9(8)15-10/h1-6H. The molecule has 16 heavy (non-hydrogen) atoms. The number of benzene rings is 1. The maximum absolute atomic E-state index is 6.14. The third-order valence-corrected chi connectivity index (χ3v) is 2.90. The van der Waals surface area contributed by atoms with Gasteiger partial charge >= 0.3 is 0 Å². The largest absolute Gasteiger partial charge is 0.246 e. The molecule has 0 aromatic heterocycles. The Morgan fingerprint density at radius 2 is 1.56 bits per heavy atom. The second kappa shape index (κ2) is 3.58. The SMILES string of the molecule is Clc1cc2nc(Cl)c3ccccc3nc-2c1. The maximum Gasteiger partial charge on any atom is 0.139 e. The Labute approximate surface area is 102 Å². The van der Waals surface area contributed by atoms with Gasteiger partial charge in [-0.05, 0) is 24.3 Å². The lowest BCUT2D eigenvalue weighted by molar-refractivity contribution is 1.35. The minimum Gasteiger partial charge on any atom is -0.246 e. The monoisotopic (exact) mass is 248 g/mol. The van der Waals surface area contributed by atoms with Crippen molar-refractivity contribution < 1.29 is 0 Å². The number of fused-ring (bicyclic) bond motifs is 2. The average Bonchev–Trinajstić information content (AvgIpc) is 2.53. The van der Waals surface area contributed by atoms with Crippen molar-refractivity contribution >= 4 is 34.1 Å². The molecule has 1 heterocycles. The lowest BCUT2D eigenvalue weighted by Crippen LogP contribution is -1.75. The molecule has 0 radical (unpaired) electrons. The first-order valence-corrected chi connectivity index (χ1v) is 5.51. The van der Waals surface area contributed by atoms with E-state index >= 15 is 0 Å². The summed E-state index contributed by atoms with van der Waals surface area (Å²) in [5.74, 6) is 0. The Morgan fingerprint density at radius 1 is 0.875 bits per heavy atom. The van der Waals surface area contributed by atoms with Gasteiger partial charge in [0.05, 0.1) is 16.9 Å². The molecule has 0 bridgehead atoms. The first-order chi connectivity index (χ1) is 7.74. The summed E-state index contributed by atoms with van der Waals surface area (Å²) in [4.78, 5) is 8.80. The van der Waals surface area contributed by atoms with Crippen LogP contribution in [-0.2, 0) is 0 Å². The van der Waals surface area contributed by atoms with Crippen LogP contribution in [0.2, 0.25) is 10.2 Å². The van der Waals surface area contributed by atoms with Crippen LogP contribution < -0.4 is 0 Å². The zero-order valence-corrected chi connectivity index (χ0v) is 9.63. The fourth-order valence-electron chi connectivity index (χ4n) is 1.67. The summed E-state index contributed by atoms with van der Waals surface area (Å²) in [7, 11) is 0. The van der Waals surface area contributed by atoms with Crippen molar-refractivity contribution in [3.05, 3.63) is 46.6 Å². The van der Waals surface area contributed by atoms with Crippen molar-refractivity contribution in [1.29, 1.82) is 0 Å². The predicted molar refractivity (Wildman–Crippen MR) is 66.2 cm³/mol. The van der Waals surface area contributed by atoms with Gasteiger partial charge < -0.3 is 0 Å². The first kappa shape index (κ1) is 9.82. The average molecular weight is 249 g/mol. The van der Waals surface area contributed by atoms with Crippen LogP contribution in [0.5, 0.6) is 0 Å². The molecular formula is C12H6Cl2N2. The van der Waals surface area contributed by atoms with E-state index in [4.69, 9.17) is 23.2 Å². The van der Waals surface area contributed by atoms with Crippen LogP contribution in [0.15, 0.2) is 36.4 Å². The third-order valence-electron chi connectivity index (χ3n) is 2.40. The molecule has 0 fully saturated rings. The van der Waals surface area contributed by atoms with Gasteiger partial charge in [-0.15, -0.1) is 0 Å². The molecule has 1 aliphatic carbocycles. The Morgan fingerprint density at radius 3 is 2.38 bits per heavy atom. The summed E-state index contributed by atoms with van der Waals surface area (Å²) in [6, 6.07) is 11.2. The van der Waals surface area contributed by atoms with Crippen molar-refractivity contribution in [3.63, 3.8) is 0 Å². The molecule has 1 aromatic rings. The molecule has 0 spiro atoms. The fourth-order valence-corrected chi connectivity index (χ4v) is 2.13. The van der Waals surface area contributed by atoms with Gasteiger partial charge in [-0.2, -0.15) is 0 Å². The lowest BCUT2D eigenvalue weighted by Gasteiger charge is -1.90. The molecular weight excluding hydrogens is 243 g/mol. The number of rotatable bonds is 0. The van der Waals surface area contributed by atoms with Crippen molar-refractivity contribution in [3.8, 4) is 11.4 Å². The second-order valence-corrected chi connectivity index (χ2v) is 4.27. The highest BCUT2D eigenvalue weighted by molar-refractivity contribution is 6.34. The molecule has 0 saturated carbocycles. The van der Waals surface area contributed by atoms with Gasteiger partial charge in [-0.1, -0.05) is 35.3 Å². The summed E-state index contributed by atoms with van der Waals surface area (Å²) < 4.78 is 0. The van der Waals surface area contributed by atoms with Crippen molar-refractivity contribution in [2.24, 2.45) is 0 Å². The minimum absolute atomic E-state index is 0.445. The molecule has 0 saturated heterocycles. The molecule has 1 aliphatic heterocycles. The van der Waals surface area contributed by atoms with Crippen LogP contribution in [-0.4, -0.2) is 9.97 Å². The van der Waals surface area contributed by atoms with E-state index in [1.807, 2.05) is 24.3 Å². The highest BCUT2D eigenvalue weighted by Gasteiger charge is 2.10. The first-order valence-electron chi connectivity index (χ1n) is 4.75. The number of hydrogen-bond donors (Lipinski definition) is 0. The van der Waals surface area contributed by atoms with Crippen LogP contribution in [0.3, 0.4) is 0 Å². The highest BCUT2D eigenvalue weighted by Crippen LogP contribution is 2.29. The van der Waals surface area contributed by atoms with Gasteiger partial charge in [0, 0.05) is 10.4 Å². The van der Waals surface area contributed by atoms with Gasteiger partial charge in [0.2, 0.25) is 0 Å². The molecule has 2 nitrogen and oxygen atoms in total. The number of hydrogen-bond acceptors (Lipinski definition) is 2. The number of para-hydroxylation sites is 1. The van der Waals surface area contributed by atoms with Crippen LogP contribution in [0.1, 0.15) is 0 Å². The topological polar surface area (TPSA) is 25.8 Å². The van der Waals surface area contributed by atoms with Crippen molar-refractivity contribution in [2.75, 3.05) is 0 Å². The van der Waals surface area contributed by atoms with E-state index in [2.05, 4.69) is 9.97 Å². The van der Waals surface area contributed by atoms with E-state index in [1.54, 1.807) is 12.1 Å². The summed E-state index contributed by atoms with van der Waals surface area (Å²) >= 11 is 12.0. The maximum atomic E-state index is 6.14. The Bertz CT molecular complexity index is 652. The smallest absolute Gasteiger partial charge is 0.139 e. The van der Waals surface area contributed by atoms with E-state index in [0.29, 0.717) is 15.9 Å². The molecule has 2 aliphatic rings. The highest BCUT2D eigenvalue weighted by atomic mass is 35.5. The zero-order valence-electron chi connectivity index (χ0n) is 8.11. The predicted octanol–water partition coefficient (Wildman–Crippen LogP) is 4.04. The van der Waals surface area contributed by atoms with Crippen molar-refractivity contribution in [1.82, 2.24) is 9.97 Å². The van der Waals surface area contributed by atoms with E-state index in [9.17, 15) is 0 Å². The third kappa shape index (κ3) is 1.51. The van der Waals surface area contributed by atoms with Crippen LogP contribution in [0.4, 0.5) is 0 Å². The van der Waals surface area contributed by atoms with E-state index in [-0.39, 0.29) is 0 Å². The van der Waals surface area contributed by atoms with Gasteiger partial charge in [0.25, 0.3) is 0 Å². The summed E-state index contributed by atoms with van der Waals surface area (Å²) in [5.41, 5.74) is 2.29. The van der Waals surface area contributed by atoms with E-state index in [1.165, 1.54) is 0 Å². The molecule has 3 rings (SSSR count). The Balaban J connectivity index is 2.50. The Hall–Kier alpha value is -1.38. The number of aromatic nitrogens is 2. The quantitative estimate of drug-likeness (QED) is 0.600. The second-order valence-electron chi connectivity index (χ2n) is 3.48. The van der Waals surface area contributed by atoms with Crippen LogP contribution in [0.25, 0.3) is 22.3 Å². The summed E-state index contributed by atoms with van der Waals surface area (Å²) in [6.07, 6.45) is 0. The molecule has 0 atom stereocenters. The molecule has 0 N–H and O–H groups in total. The summed E-state index contributed by atoms with van der Waals surface area (Å²) in [6.45, 7) is 0. The Kier molecular flexibility index (Phi) is 2.20.